The Kier molecular flexibility index (Phi) is 4.46. The topological polar surface area (TPSA) is 58.9 Å². The molecule has 0 atom stereocenters. The largest absolute Gasteiger partial charge is 0.337 e. The molecule has 0 aliphatic heterocycles. The van der Waals surface area contributed by atoms with Crippen LogP contribution in [0.5, 0.6) is 0 Å². The standard InChI is InChI=1S/C13H20N6/c1-4-14-7-11-8-16-13(17-9-11)19(3)10-12-15-5-6-18(12)2/h5-6,8-9,14H,4,7,10H2,1-3H3. The van der Waals surface area contributed by atoms with Crippen molar-refractivity contribution in [1.82, 2.24) is 24.8 Å². The lowest BCUT2D eigenvalue weighted by Crippen LogP contribution is -2.21. The summed E-state index contributed by atoms with van der Waals surface area (Å²) in [7, 11) is 3.95. The second-order valence-corrected chi connectivity index (χ2v) is 4.48. The molecular formula is C13H20N6. The van der Waals surface area contributed by atoms with Gasteiger partial charge in [0.05, 0.1) is 6.54 Å². The number of hydrogen-bond donors (Lipinski definition) is 1. The Morgan fingerprint density at radius 1 is 1.26 bits per heavy atom. The molecule has 19 heavy (non-hydrogen) atoms. The minimum Gasteiger partial charge on any atom is -0.337 e. The Morgan fingerprint density at radius 2 is 2.00 bits per heavy atom. The fraction of sp³-hybridized carbons (Fsp3) is 0.462. The van der Waals surface area contributed by atoms with Crippen LogP contribution in [0.15, 0.2) is 24.8 Å². The van der Waals surface area contributed by atoms with Crippen LogP contribution in [0.3, 0.4) is 0 Å². The maximum Gasteiger partial charge on any atom is 0.225 e. The van der Waals surface area contributed by atoms with Gasteiger partial charge in [-0.1, -0.05) is 6.92 Å². The van der Waals surface area contributed by atoms with Crippen molar-refractivity contribution < 1.29 is 0 Å². The molecule has 0 saturated carbocycles. The number of imidazole rings is 1. The van der Waals surface area contributed by atoms with Gasteiger partial charge in [-0.25, -0.2) is 15.0 Å². The summed E-state index contributed by atoms with van der Waals surface area (Å²) < 4.78 is 2.00. The molecule has 0 amide bonds. The quantitative estimate of drug-likeness (QED) is 0.838. The highest BCUT2D eigenvalue weighted by Crippen LogP contribution is 2.08. The van der Waals surface area contributed by atoms with Gasteiger partial charge in [-0.05, 0) is 6.54 Å². The van der Waals surface area contributed by atoms with E-state index >= 15 is 0 Å². The Labute approximate surface area is 113 Å². The maximum absolute atomic E-state index is 4.38. The van der Waals surface area contributed by atoms with Crippen molar-refractivity contribution in [2.45, 2.75) is 20.0 Å². The average molecular weight is 260 g/mol. The molecule has 0 bridgehead atoms. The van der Waals surface area contributed by atoms with Crippen molar-refractivity contribution in [2.75, 3.05) is 18.5 Å². The summed E-state index contributed by atoms with van der Waals surface area (Å²) in [5.41, 5.74) is 1.09. The van der Waals surface area contributed by atoms with E-state index in [0.717, 1.165) is 24.5 Å². The third-order valence-corrected chi connectivity index (χ3v) is 2.91. The summed E-state index contributed by atoms with van der Waals surface area (Å²) >= 11 is 0. The maximum atomic E-state index is 4.38. The minimum atomic E-state index is 0.691. The van der Waals surface area contributed by atoms with Crippen LogP contribution >= 0.6 is 0 Å². The van der Waals surface area contributed by atoms with Gasteiger partial charge in [-0.15, -0.1) is 0 Å². The van der Waals surface area contributed by atoms with Gasteiger partial charge in [0, 0.05) is 51.0 Å². The summed E-state index contributed by atoms with van der Waals surface area (Å²) in [6.45, 7) is 4.52. The van der Waals surface area contributed by atoms with E-state index in [0.29, 0.717) is 12.5 Å². The number of nitrogens with one attached hydrogen (secondary N) is 1. The van der Waals surface area contributed by atoms with Crippen LogP contribution in [0.4, 0.5) is 5.95 Å². The lowest BCUT2D eigenvalue weighted by Gasteiger charge is -2.16. The third kappa shape index (κ3) is 3.51. The zero-order chi connectivity index (χ0) is 13.7. The van der Waals surface area contributed by atoms with Gasteiger partial charge in [0.2, 0.25) is 5.95 Å². The van der Waals surface area contributed by atoms with Crippen molar-refractivity contribution in [1.29, 1.82) is 0 Å². The number of hydrogen-bond acceptors (Lipinski definition) is 5. The van der Waals surface area contributed by atoms with Gasteiger partial charge in [-0.3, -0.25) is 0 Å². The van der Waals surface area contributed by atoms with E-state index in [1.807, 2.05) is 42.2 Å². The fourth-order valence-electron chi connectivity index (χ4n) is 1.74. The van der Waals surface area contributed by atoms with E-state index in [1.165, 1.54) is 0 Å². The summed E-state index contributed by atoms with van der Waals surface area (Å²) in [6.07, 6.45) is 7.45. The molecule has 0 spiro atoms. The van der Waals surface area contributed by atoms with Crippen LogP contribution in [0.1, 0.15) is 18.3 Å². The first-order valence-electron chi connectivity index (χ1n) is 6.39. The minimum absolute atomic E-state index is 0.691. The molecule has 1 N–H and O–H groups in total. The van der Waals surface area contributed by atoms with Gasteiger partial charge in [-0.2, -0.15) is 0 Å². The predicted octanol–water partition coefficient (Wildman–Crippen LogP) is 0.956. The van der Waals surface area contributed by atoms with Crippen molar-refractivity contribution in [3.63, 3.8) is 0 Å². The highest BCUT2D eigenvalue weighted by molar-refractivity contribution is 5.28. The van der Waals surface area contributed by atoms with E-state index in [1.54, 1.807) is 6.20 Å². The Morgan fingerprint density at radius 3 is 2.58 bits per heavy atom. The highest BCUT2D eigenvalue weighted by atomic mass is 15.2. The van der Waals surface area contributed by atoms with Gasteiger partial charge >= 0.3 is 0 Å². The lowest BCUT2D eigenvalue weighted by atomic mass is 10.3. The molecule has 0 aliphatic carbocycles. The lowest BCUT2D eigenvalue weighted by molar-refractivity contribution is 0.715. The number of anilines is 1. The average Bonchev–Trinajstić information content (AvgIpc) is 2.82. The second kappa shape index (κ2) is 6.29. The van der Waals surface area contributed by atoms with E-state index in [-0.39, 0.29) is 0 Å². The molecule has 2 rings (SSSR count). The number of aromatic nitrogens is 4. The van der Waals surface area contributed by atoms with Crippen LogP contribution < -0.4 is 10.2 Å². The van der Waals surface area contributed by atoms with Crippen LogP contribution in [0.25, 0.3) is 0 Å². The Balaban J connectivity index is 1.99. The number of nitrogens with zero attached hydrogens (tertiary/aromatic N) is 5. The molecule has 2 aromatic heterocycles. The molecule has 0 aromatic carbocycles. The van der Waals surface area contributed by atoms with Crippen molar-refractivity contribution in [2.24, 2.45) is 7.05 Å². The first kappa shape index (κ1) is 13.5. The predicted molar refractivity (Wildman–Crippen MR) is 74.7 cm³/mol. The van der Waals surface area contributed by atoms with E-state index in [9.17, 15) is 0 Å². The van der Waals surface area contributed by atoms with Gasteiger partial charge in [0.25, 0.3) is 0 Å². The summed E-state index contributed by atoms with van der Waals surface area (Å²) in [5, 5.41) is 3.25. The van der Waals surface area contributed by atoms with Crippen molar-refractivity contribution in [3.8, 4) is 0 Å². The summed E-state index contributed by atoms with van der Waals surface area (Å²) in [4.78, 5) is 15.0. The monoisotopic (exact) mass is 260 g/mol. The van der Waals surface area contributed by atoms with E-state index < -0.39 is 0 Å². The first-order chi connectivity index (χ1) is 9.20. The SMILES string of the molecule is CCNCc1cnc(N(C)Cc2nccn2C)nc1. The fourth-order valence-corrected chi connectivity index (χ4v) is 1.74. The Hall–Kier alpha value is -1.95. The normalized spacial score (nSPS) is 10.7. The van der Waals surface area contributed by atoms with Gasteiger partial charge in [0.1, 0.15) is 5.82 Å². The molecule has 2 heterocycles. The number of rotatable bonds is 6. The third-order valence-electron chi connectivity index (χ3n) is 2.91. The van der Waals surface area contributed by atoms with E-state index in [4.69, 9.17) is 0 Å². The second-order valence-electron chi connectivity index (χ2n) is 4.48. The molecule has 6 heteroatoms. The molecule has 102 valence electrons. The zero-order valence-corrected chi connectivity index (χ0v) is 11.7. The zero-order valence-electron chi connectivity index (χ0n) is 11.7. The molecule has 0 aliphatic rings. The smallest absolute Gasteiger partial charge is 0.225 e. The first-order valence-corrected chi connectivity index (χ1v) is 6.39. The van der Waals surface area contributed by atoms with Crippen LogP contribution in [-0.2, 0) is 20.1 Å². The van der Waals surface area contributed by atoms with Crippen LogP contribution in [0.2, 0.25) is 0 Å². The molecule has 2 aromatic rings. The Bertz CT molecular complexity index is 504. The highest BCUT2D eigenvalue weighted by Gasteiger charge is 2.08. The van der Waals surface area contributed by atoms with Crippen LogP contribution in [-0.4, -0.2) is 33.1 Å². The van der Waals surface area contributed by atoms with Gasteiger partial charge in [0.15, 0.2) is 0 Å². The number of aryl methyl sites for hydroxylation is 1. The van der Waals surface area contributed by atoms with Crippen molar-refractivity contribution >= 4 is 5.95 Å². The summed E-state index contributed by atoms with van der Waals surface area (Å²) in [6, 6.07) is 0. The molecule has 0 saturated heterocycles. The van der Waals surface area contributed by atoms with Crippen molar-refractivity contribution in [3.05, 3.63) is 36.2 Å². The molecular weight excluding hydrogens is 240 g/mol. The van der Waals surface area contributed by atoms with E-state index in [2.05, 4.69) is 27.2 Å². The van der Waals surface area contributed by atoms with Gasteiger partial charge < -0.3 is 14.8 Å². The van der Waals surface area contributed by atoms with Crippen LogP contribution in [0, 0.1) is 0 Å². The molecule has 6 nitrogen and oxygen atoms in total. The molecule has 0 unspecified atom stereocenters. The summed E-state index contributed by atoms with van der Waals surface area (Å²) in [5.74, 6) is 1.70. The molecule has 0 radical (unpaired) electrons. The molecule has 0 fully saturated rings.